The maximum atomic E-state index is 13.9. The molecule has 0 spiro atoms. The summed E-state index contributed by atoms with van der Waals surface area (Å²) >= 11 is 6.73. The molecule has 41 heavy (non-hydrogen) atoms. The number of piperidine rings is 1. The van der Waals surface area contributed by atoms with E-state index in [9.17, 15) is 14.4 Å². The first kappa shape index (κ1) is 27.2. The number of thioether (sulfide) groups is 1. The van der Waals surface area contributed by atoms with Crippen molar-refractivity contribution in [3.8, 4) is 5.69 Å². The Balaban J connectivity index is 1.47. The largest absolute Gasteiger partial charge is 0.355 e. The monoisotopic (exact) mass is 586 g/mol. The smallest absolute Gasteiger partial charge is 0.296 e. The molecule has 6 rings (SSSR count). The summed E-state index contributed by atoms with van der Waals surface area (Å²) < 4.78 is 4.96. The predicted molar refractivity (Wildman–Crippen MR) is 168 cm³/mol. The Morgan fingerprint density at radius 2 is 1.66 bits per heavy atom. The molecular formula is C30H30N6O3S2. The van der Waals surface area contributed by atoms with Crippen molar-refractivity contribution in [1.29, 1.82) is 0 Å². The second kappa shape index (κ2) is 10.5. The van der Waals surface area contributed by atoms with E-state index in [1.165, 1.54) is 14.0 Å². The van der Waals surface area contributed by atoms with Crippen molar-refractivity contribution in [1.82, 2.24) is 18.7 Å². The van der Waals surface area contributed by atoms with E-state index in [1.807, 2.05) is 36.4 Å². The zero-order valence-electron chi connectivity index (χ0n) is 23.3. The van der Waals surface area contributed by atoms with Crippen LogP contribution in [0.5, 0.6) is 0 Å². The Hall–Kier alpha value is -3.96. The zero-order chi connectivity index (χ0) is 29.0. The van der Waals surface area contributed by atoms with Gasteiger partial charge in [-0.3, -0.25) is 28.4 Å². The molecule has 5 heterocycles. The van der Waals surface area contributed by atoms with E-state index in [0.29, 0.717) is 40.2 Å². The number of fused-ring (bicyclic) bond motifs is 1. The summed E-state index contributed by atoms with van der Waals surface area (Å²) in [6.45, 7) is 7.72. The van der Waals surface area contributed by atoms with Crippen LogP contribution in [-0.4, -0.2) is 42.1 Å². The van der Waals surface area contributed by atoms with Gasteiger partial charge in [-0.05, 0) is 55.5 Å². The minimum Gasteiger partial charge on any atom is -0.355 e. The van der Waals surface area contributed by atoms with Crippen molar-refractivity contribution in [3.63, 3.8) is 0 Å². The molecule has 2 aliphatic heterocycles. The molecule has 4 aromatic rings. The first-order valence-corrected chi connectivity index (χ1v) is 14.8. The molecule has 2 aliphatic rings. The van der Waals surface area contributed by atoms with Gasteiger partial charge in [0.2, 0.25) is 0 Å². The second-order valence-electron chi connectivity index (χ2n) is 10.9. The lowest BCUT2D eigenvalue weighted by molar-refractivity contribution is -0.113. The van der Waals surface area contributed by atoms with Crippen molar-refractivity contribution in [2.45, 2.75) is 27.2 Å². The van der Waals surface area contributed by atoms with Gasteiger partial charge in [-0.15, -0.1) is 0 Å². The van der Waals surface area contributed by atoms with Crippen LogP contribution in [0.25, 0.3) is 17.4 Å². The lowest BCUT2D eigenvalue weighted by atomic mass is 9.91. The number of amides is 1. The first-order valence-electron chi connectivity index (χ1n) is 13.5. The summed E-state index contributed by atoms with van der Waals surface area (Å²) in [7, 11) is 1.77. The highest BCUT2D eigenvalue weighted by Gasteiger charge is 2.38. The molecule has 2 saturated heterocycles. The van der Waals surface area contributed by atoms with Crippen molar-refractivity contribution < 1.29 is 4.79 Å². The van der Waals surface area contributed by atoms with Gasteiger partial charge in [-0.1, -0.05) is 62.1 Å². The summed E-state index contributed by atoms with van der Waals surface area (Å²) in [5.74, 6) is 1.00. The number of carbonyl (C=O) groups excluding carboxylic acids is 1. The predicted octanol–water partition coefficient (Wildman–Crippen LogP) is 4.38. The van der Waals surface area contributed by atoms with Crippen molar-refractivity contribution >= 4 is 57.4 Å². The molecule has 0 N–H and O–H groups in total. The van der Waals surface area contributed by atoms with Crippen LogP contribution in [0.2, 0.25) is 0 Å². The topological polar surface area (TPSA) is 84.9 Å². The number of rotatable bonds is 4. The van der Waals surface area contributed by atoms with Crippen LogP contribution in [0.1, 0.15) is 31.5 Å². The fourth-order valence-electron chi connectivity index (χ4n) is 5.90. The number of hydrogen-bond donors (Lipinski definition) is 0. The van der Waals surface area contributed by atoms with Crippen molar-refractivity contribution in [3.05, 3.63) is 91.6 Å². The molecule has 0 bridgehead atoms. The minimum absolute atomic E-state index is 0.203. The molecule has 11 heteroatoms. The Kier molecular flexibility index (Phi) is 6.95. The number of pyridine rings is 1. The third-order valence-corrected chi connectivity index (χ3v) is 9.04. The van der Waals surface area contributed by atoms with Crippen LogP contribution >= 0.6 is 24.0 Å². The number of hydrogen-bond acceptors (Lipinski definition) is 7. The van der Waals surface area contributed by atoms with Gasteiger partial charge >= 0.3 is 0 Å². The van der Waals surface area contributed by atoms with E-state index >= 15 is 0 Å². The quantitative estimate of drug-likeness (QED) is 0.259. The van der Waals surface area contributed by atoms with Gasteiger partial charge in [-0.2, -0.15) is 0 Å². The highest BCUT2D eigenvalue weighted by atomic mass is 32.2. The van der Waals surface area contributed by atoms with Gasteiger partial charge in [0.15, 0.2) is 4.32 Å². The molecule has 1 aromatic carbocycles. The summed E-state index contributed by atoms with van der Waals surface area (Å²) in [6, 6.07) is 14.7. The molecule has 0 saturated carbocycles. The van der Waals surface area contributed by atoms with Crippen molar-refractivity contribution in [2.75, 3.05) is 22.9 Å². The molecule has 9 nitrogen and oxygen atoms in total. The van der Waals surface area contributed by atoms with Gasteiger partial charge in [-0.25, -0.2) is 9.67 Å². The summed E-state index contributed by atoms with van der Waals surface area (Å²) in [4.78, 5) is 50.0. The lowest BCUT2D eigenvalue weighted by Gasteiger charge is -2.36. The Morgan fingerprint density at radius 1 is 0.976 bits per heavy atom. The van der Waals surface area contributed by atoms with E-state index in [0.717, 1.165) is 31.3 Å². The normalized spacial score (nSPS) is 20.5. The molecule has 0 radical (unpaired) electrons. The number of para-hydroxylation sites is 1. The van der Waals surface area contributed by atoms with Crippen LogP contribution in [0.4, 0.5) is 11.5 Å². The summed E-state index contributed by atoms with van der Waals surface area (Å²) in [5, 5.41) is 0. The van der Waals surface area contributed by atoms with Crippen LogP contribution in [-0.2, 0) is 11.8 Å². The summed E-state index contributed by atoms with van der Waals surface area (Å²) in [6.07, 6.45) is 4.38. The molecule has 3 aromatic heterocycles. The van der Waals surface area contributed by atoms with E-state index in [1.54, 1.807) is 43.1 Å². The fourth-order valence-corrected chi connectivity index (χ4v) is 7.15. The number of anilines is 2. The van der Waals surface area contributed by atoms with Gasteiger partial charge < -0.3 is 4.90 Å². The van der Waals surface area contributed by atoms with Gasteiger partial charge in [0.05, 0.1) is 21.8 Å². The van der Waals surface area contributed by atoms with Gasteiger partial charge in [0.1, 0.15) is 17.2 Å². The number of thiocarbonyl (C=S) groups is 1. The average molecular weight is 587 g/mol. The maximum Gasteiger partial charge on any atom is 0.296 e. The van der Waals surface area contributed by atoms with Crippen LogP contribution in [0.3, 0.4) is 0 Å². The van der Waals surface area contributed by atoms with Crippen LogP contribution in [0, 0.1) is 18.8 Å². The van der Waals surface area contributed by atoms with Gasteiger partial charge in [0.25, 0.3) is 17.0 Å². The third-order valence-electron chi connectivity index (χ3n) is 7.73. The van der Waals surface area contributed by atoms with E-state index < -0.39 is 5.91 Å². The molecule has 2 unspecified atom stereocenters. The molecular weight excluding hydrogens is 557 g/mol. The fraction of sp³-hybridized carbons (Fsp3) is 0.300. The highest BCUT2D eigenvalue weighted by molar-refractivity contribution is 8.27. The number of aromatic nitrogens is 4. The average Bonchev–Trinajstić information content (AvgIpc) is 3.34. The molecule has 0 aliphatic carbocycles. The Labute approximate surface area is 246 Å². The first-order chi connectivity index (χ1) is 19.7. The van der Waals surface area contributed by atoms with E-state index in [-0.39, 0.29) is 26.0 Å². The molecule has 2 atom stereocenters. The zero-order valence-corrected chi connectivity index (χ0v) is 24.9. The summed E-state index contributed by atoms with van der Waals surface area (Å²) in [5.41, 5.74) is 1.75. The van der Waals surface area contributed by atoms with Gasteiger partial charge in [0, 0.05) is 26.3 Å². The Morgan fingerprint density at radius 3 is 2.37 bits per heavy atom. The Bertz CT molecular complexity index is 1850. The maximum absolute atomic E-state index is 13.9. The molecule has 210 valence electrons. The standard InChI is InChI=1S/C30H30N6O3S2/c1-18-14-19(2)17-33(16-18)26-22(27(37)34-13-9-8-12-24(34)31-26)15-23-28(38)35(30(40)41-23)25-20(3)32(4)36(29(25)39)21-10-6-5-7-11-21/h5-13,15,18-19H,14,16-17H2,1-4H3. The van der Waals surface area contributed by atoms with Crippen molar-refractivity contribution in [2.24, 2.45) is 18.9 Å². The van der Waals surface area contributed by atoms with Crippen LogP contribution in [0.15, 0.2) is 69.2 Å². The second-order valence-corrected chi connectivity index (χ2v) is 12.5. The SMILES string of the molecule is Cc1c(N2C(=O)C(=Cc3c(N4CC(C)CC(C)C4)nc4ccccn4c3=O)SC2=S)c(=O)n(-c2ccccc2)n1C. The van der Waals surface area contributed by atoms with E-state index in [2.05, 4.69) is 18.7 Å². The third kappa shape index (κ3) is 4.62. The highest BCUT2D eigenvalue weighted by Crippen LogP contribution is 2.37. The number of benzene rings is 1. The van der Waals surface area contributed by atoms with E-state index in [4.69, 9.17) is 17.2 Å². The van der Waals surface area contributed by atoms with Crippen LogP contribution < -0.4 is 20.9 Å². The molecule has 2 fully saturated rings. The molecule has 1 amide bonds. The number of nitrogens with zero attached hydrogens (tertiary/aromatic N) is 6. The minimum atomic E-state index is -0.435. The lowest BCUT2D eigenvalue weighted by Crippen LogP contribution is -2.40. The number of carbonyl (C=O) groups is 1.